The minimum Gasteiger partial charge on any atom is -0.379 e. The number of aliphatic hydroxyl groups is 1. The fraction of sp³-hybridized carbons (Fsp3) is 1.00. The Labute approximate surface area is 214 Å². The highest BCUT2D eigenvalue weighted by Gasteiger charge is 2.25. The van der Waals surface area contributed by atoms with Crippen LogP contribution in [0.25, 0.3) is 0 Å². The number of ether oxygens (including phenoxy) is 2. The SMILES string of the molecule is CCCCCCCCCCCCOC(C)N(C(C)O)C(C)OCCCCCCCCCCCC. The zero-order valence-corrected chi connectivity index (χ0v) is 24.0. The van der Waals surface area contributed by atoms with Crippen molar-refractivity contribution in [3.63, 3.8) is 0 Å². The second-order valence-corrected chi connectivity index (χ2v) is 10.4. The van der Waals surface area contributed by atoms with E-state index in [4.69, 9.17) is 9.47 Å². The van der Waals surface area contributed by atoms with E-state index in [0.717, 1.165) is 26.1 Å². The van der Waals surface area contributed by atoms with Gasteiger partial charge in [0.05, 0.1) is 0 Å². The molecule has 0 aliphatic carbocycles. The van der Waals surface area contributed by atoms with E-state index in [1.807, 2.05) is 18.7 Å². The first-order chi connectivity index (χ1) is 16.5. The van der Waals surface area contributed by atoms with Gasteiger partial charge in [0.1, 0.15) is 18.7 Å². The molecular formula is C30H63NO3. The molecule has 0 aliphatic rings. The number of unbranched alkanes of at least 4 members (excludes halogenated alkanes) is 18. The molecule has 0 amide bonds. The Morgan fingerprint density at radius 1 is 0.471 bits per heavy atom. The lowest BCUT2D eigenvalue weighted by molar-refractivity contribution is -0.196. The molecule has 206 valence electrons. The van der Waals surface area contributed by atoms with Gasteiger partial charge in [0.25, 0.3) is 0 Å². The molecule has 0 fully saturated rings. The summed E-state index contributed by atoms with van der Waals surface area (Å²) in [7, 11) is 0. The van der Waals surface area contributed by atoms with Crippen molar-refractivity contribution in [1.29, 1.82) is 0 Å². The van der Waals surface area contributed by atoms with Crippen molar-refractivity contribution in [2.24, 2.45) is 0 Å². The second kappa shape index (κ2) is 25.9. The van der Waals surface area contributed by atoms with E-state index in [1.54, 1.807) is 6.92 Å². The molecule has 1 N–H and O–H groups in total. The van der Waals surface area contributed by atoms with Crippen LogP contribution in [0.3, 0.4) is 0 Å². The molecule has 0 radical (unpaired) electrons. The lowest BCUT2D eigenvalue weighted by Gasteiger charge is -2.36. The lowest BCUT2D eigenvalue weighted by atomic mass is 10.1. The summed E-state index contributed by atoms with van der Waals surface area (Å²) in [4.78, 5) is 1.94. The van der Waals surface area contributed by atoms with Gasteiger partial charge in [0.2, 0.25) is 0 Å². The zero-order valence-electron chi connectivity index (χ0n) is 24.0. The van der Waals surface area contributed by atoms with Crippen LogP contribution in [0.5, 0.6) is 0 Å². The smallest absolute Gasteiger partial charge is 0.111 e. The summed E-state index contributed by atoms with van der Waals surface area (Å²) in [5, 5.41) is 10.3. The molecule has 0 bridgehead atoms. The Morgan fingerprint density at radius 2 is 0.735 bits per heavy atom. The Kier molecular flexibility index (Phi) is 25.8. The topological polar surface area (TPSA) is 41.9 Å². The number of hydrogen-bond donors (Lipinski definition) is 1. The maximum absolute atomic E-state index is 10.3. The molecule has 4 nitrogen and oxygen atoms in total. The average Bonchev–Trinajstić information content (AvgIpc) is 2.80. The van der Waals surface area contributed by atoms with Crippen LogP contribution in [0, 0.1) is 0 Å². The van der Waals surface area contributed by atoms with Gasteiger partial charge in [-0.25, -0.2) is 4.90 Å². The minimum atomic E-state index is -0.578. The van der Waals surface area contributed by atoms with Crippen LogP contribution < -0.4 is 0 Å². The van der Waals surface area contributed by atoms with Gasteiger partial charge in [-0.2, -0.15) is 0 Å². The number of hydrogen-bond acceptors (Lipinski definition) is 4. The van der Waals surface area contributed by atoms with Gasteiger partial charge in [-0.15, -0.1) is 0 Å². The highest BCUT2D eigenvalue weighted by atomic mass is 16.5. The highest BCUT2D eigenvalue weighted by Crippen LogP contribution is 2.15. The summed E-state index contributed by atoms with van der Waals surface area (Å²) in [5.74, 6) is 0. The molecule has 0 aromatic carbocycles. The minimum absolute atomic E-state index is 0.138. The molecule has 0 spiro atoms. The van der Waals surface area contributed by atoms with Crippen LogP contribution >= 0.6 is 0 Å². The van der Waals surface area contributed by atoms with Gasteiger partial charge < -0.3 is 14.6 Å². The molecule has 0 saturated carbocycles. The molecule has 0 aliphatic heterocycles. The van der Waals surface area contributed by atoms with Crippen molar-refractivity contribution in [3.05, 3.63) is 0 Å². The third-order valence-corrected chi connectivity index (χ3v) is 6.99. The summed E-state index contributed by atoms with van der Waals surface area (Å²) < 4.78 is 12.1. The van der Waals surface area contributed by atoms with E-state index >= 15 is 0 Å². The summed E-state index contributed by atoms with van der Waals surface area (Å²) in [6.45, 7) is 11.9. The van der Waals surface area contributed by atoms with Crippen LogP contribution in [0.15, 0.2) is 0 Å². The molecule has 4 heteroatoms. The standard InChI is InChI=1S/C30H63NO3/c1-6-8-10-12-14-16-18-20-22-24-26-33-29(4)31(28(3)32)30(5)34-27-25-23-21-19-17-15-13-11-9-7-2/h28-30,32H,6-27H2,1-5H3. The average molecular weight is 486 g/mol. The molecule has 0 aromatic heterocycles. The van der Waals surface area contributed by atoms with Gasteiger partial charge in [-0.1, -0.05) is 129 Å². The third kappa shape index (κ3) is 21.1. The van der Waals surface area contributed by atoms with E-state index in [-0.39, 0.29) is 12.5 Å². The molecule has 0 saturated heterocycles. The van der Waals surface area contributed by atoms with Gasteiger partial charge in [-0.05, 0) is 33.6 Å². The Bertz CT molecular complexity index is 359. The Morgan fingerprint density at radius 3 is 1.00 bits per heavy atom. The van der Waals surface area contributed by atoms with Gasteiger partial charge in [-0.3, -0.25) is 0 Å². The molecular weight excluding hydrogens is 422 g/mol. The van der Waals surface area contributed by atoms with Crippen LogP contribution in [-0.2, 0) is 9.47 Å². The second-order valence-electron chi connectivity index (χ2n) is 10.4. The number of aliphatic hydroxyl groups excluding tert-OH is 1. The first-order valence-electron chi connectivity index (χ1n) is 15.2. The Balaban J connectivity index is 3.75. The molecule has 34 heavy (non-hydrogen) atoms. The normalized spacial score (nSPS) is 14.6. The van der Waals surface area contributed by atoms with E-state index in [0.29, 0.717) is 0 Å². The van der Waals surface area contributed by atoms with Gasteiger partial charge >= 0.3 is 0 Å². The third-order valence-electron chi connectivity index (χ3n) is 6.99. The van der Waals surface area contributed by atoms with Crippen molar-refractivity contribution in [3.8, 4) is 0 Å². The summed E-state index contributed by atoms with van der Waals surface area (Å²) in [5.41, 5.74) is 0. The van der Waals surface area contributed by atoms with E-state index < -0.39 is 6.23 Å². The summed E-state index contributed by atoms with van der Waals surface area (Å²) >= 11 is 0. The number of nitrogens with zero attached hydrogens (tertiary/aromatic N) is 1. The Hall–Kier alpha value is -0.160. The predicted molar refractivity (Wildman–Crippen MR) is 148 cm³/mol. The maximum atomic E-state index is 10.3. The molecule has 3 unspecified atom stereocenters. The largest absolute Gasteiger partial charge is 0.379 e. The van der Waals surface area contributed by atoms with Crippen LogP contribution in [0.1, 0.15) is 163 Å². The quantitative estimate of drug-likeness (QED) is 0.0930. The van der Waals surface area contributed by atoms with Crippen LogP contribution in [-0.4, -0.2) is 41.9 Å². The summed E-state index contributed by atoms with van der Waals surface area (Å²) in [6, 6.07) is 0. The lowest BCUT2D eigenvalue weighted by Crippen LogP contribution is -2.48. The van der Waals surface area contributed by atoms with Crippen molar-refractivity contribution in [2.45, 2.75) is 182 Å². The van der Waals surface area contributed by atoms with Crippen LogP contribution in [0.2, 0.25) is 0 Å². The molecule has 0 heterocycles. The van der Waals surface area contributed by atoms with E-state index in [1.165, 1.54) is 116 Å². The van der Waals surface area contributed by atoms with Crippen molar-refractivity contribution >= 4 is 0 Å². The first kappa shape index (κ1) is 33.8. The van der Waals surface area contributed by atoms with Crippen molar-refractivity contribution in [2.75, 3.05) is 13.2 Å². The molecule has 3 atom stereocenters. The van der Waals surface area contributed by atoms with Crippen molar-refractivity contribution < 1.29 is 14.6 Å². The highest BCUT2D eigenvalue weighted by molar-refractivity contribution is 4.63. The monoisotopic (exact) mass is 485 g/mol. The van der Waals surface area contributed by atoms with Gasteiger partial charge in [0, 0.05) is 13.2 Å². The van der Waals surface area contributed by atoms with E-state index in [2.05, 4.69) is 13.8 Å². The zero-order chi connectivity index (χ0) is 25.3. The number of rotatable bonds is 27. The predicted octanol–water partition coefficient (Wildman–Crippen LogP) is 9.19. The van der Waals surface area contributed by atoms with Crippen molar-refractivity contribution in [1.82, 2.24) is 4.90 Å². The van der Waals surface area contributed by atoms with Crippen LogP contribution in [0.4, 0.5) is 0 Å². The maximum Gasteiger partial charge on any atom is 0.111 e. The molecule has 0 aromatic rings. The van der Waals surface area contributed by atoms with E-state index in [9.17, 15) is 5.11 Å². The fourth-order valence-electron chi connectivity index (χ4n) is 4.76. The molecule has 0 rings (SSSR count). The first-order valence-corrected chi connectivity index (χ1v) is 15.2. The van der Waals surface area contributed by atoms with Gasteiger partial charge in [0.15, 0.2) is 0 Å². The fourth-order valence-corrected chi connectivity index (χ4v) is 4.76. The summed E-state index contributed by atoms with van der Waals surface area (Å²) in [6.07, 6.45) is 25.8.